The first-order valence-corrected chi connectivity index (χ1v) is 8.07. The molecule has 1 heterocycles. The fraction of sp³-hybridized carbons (Fsp3) is 0.353. The molecule has 2 rings (SSSR count). The first-order valence-electron chi connectivity index (χ1n) is 7.28. The molecule has 3 nitrogen and oxygen atoms in total. The molecule has 0 fully saturated rings. The van der Waals surface area contributed by atoms with E-state index >= 15 is 0 Å². The molecule has 1 atom stereocenters. The number of ether oxygens (including phenoxy) is 1. The minimum Gasteiger partial charge on any atom is -0.489 e. The van der Waals surface area contributed by atoms with Crippen molar-refractivity contribution in [1.82, 2.24) is 10.3 Å². The second-order valence-corrected chi connectivity index (χ2v) is 5.80. The van der Waals surface area contributed by atoms with Gasteiger partial charge in [-0.15, -0.1) is 0 Å². The summed E-state index contributed by atoms with van der Waals surface area (Å²) in [7, 11) is 0. The summed E-state index contributed by atoms with van der Waals surface area (Å²) in [6.07, 6.45) is 4.67. The van der Waals surface area contributed by atoms with Crippen molar-refractivity contribution in [3.8, 4) is 5.75 Å². The van der Waals surface area contributed by atoms with Crippen LogP contribution < -0.4 is 10.1 Å². The van der Waals surface area contributed by atoms with Gasteiger partial charge in [-0.1, -0.05) is 26.0 Å². The fourth-order valence-electron chi connectivity index (χ4n) is 2.24. The third-order valence-electron chi connectivity index (χ3n) is 3.31. The highest BCUT2D eigenvalue weighted by atomic mass is 79.9. The van der Waals surface area contributed by atoms with Crippen LogP contribution in [-0.4, -0.2) is 11.5 Å². The van der Waals surface area contributed by atoms with Gasteiger partial charge in [-0.05, 0) is 52.7 Å². The molecule has 0 aliphatic rings. The van der Waals surface area contributed by atoms with Crippen LogP contribution in [0.5, 0.6) is 5.75 Å². The second kappa shape index (κ2) is 8.15. The third kappa shape index (κ3) is 4.83. The largest absolute Gasteiger partial charge is 0.489 e. The van der Waals surface area contributed by atoms with Gasteiger partial charge in [0.05, 0.1) is 0 Å². The molecule has 1 N–H and O–H groups in total. The quantitative estimate of drug-likeness (QED) is 0.800. The average molecular weight is 349 g/mol. The minimum atomic E-state index is 0.415. The molecule has 2 aromatic rings. The average Bonchev–Trinajstić information content (AvgIpc) is 2.51. The lowest BCUT2D eigenvalue weighted by atomic mass is 10.0. The van der Waals surface area contributed by atoms with Crippen LogP contribution in [0.4, 0.5) is 0 Å². The van der Waals surface area contributed by atoms with Crippen molar-refractivity contribution >= 4 is 15.9 Å². The molecular weight excluding hydrogens is 328 g/mol. The summed E-state index contributed by atoms with van der Waals surface area (Å²) in [6.45, 7) is 5.83. The second-order valence-electron chi connectivity index (χ2n) is 4.89. The summed E-state index contributed by atoms with van der Waals surface area (Å²) in [6, 6.07) is 10.7. The van der Waals surface area contributed by atoms with E-state index in [9.17, 15) is 0 Å². The molecule has 1 aromatic heterocycles. The smallest absolute Gasteiger partial charge is 0.119 e. The third-order valence-corrected chi connectivity index (χ3v) is 3.74. The van der Waals surface area contributed by atoms with Crippen LogP contribution in [0.1, 0.15) is 37.4 Å². The Bertz CT molecular complexity index is 557. The highest BCUT2D eigenvalue weighted by molar-refractivity contribution is 9.10. The van der Waals surface area contributed by atoms with Gasteiger partial charge in [-0.2, -0.15) is 0 Å². The van der Waals surface area contributed by atoms with Gasteiger partial charge in [0.1, 0.15) is 12.4 Å². The van der Waals surface area contributed by atoms with E-state index in [1.807, 2.05) is 24.4 Å². The summed E-state index contributed by atoms with van der Waals surface area (Å²) in [5.74, 6) is 0.880. The highest BCUT2D eigenvalue weighted by Gasteiger charge is 2.07. The maximum atomic E-state index is 5.79. The molecule has 1 aromatic carbocycles. The lowest BCUT2D eigenvalue weighted by molar-refractivity contribution is 0.305. The van der Waals surface area contributed by atoms with Crippen LogP contribution >= 0.6 is 15.9 Å². The van der Waals surface area contributed by atoms with Crippen molar-refractivity contribution in [2.45, 2.75) is 32.9 Å². The zero-order valence-electron chi connectivity index (χ0n) is 12.5. The van der Waals surface area contributed by atoms with Crippen LogP contribution in [0.25, 0.3) is 0 Å². The zero-order valence-corrected chi connectivity index (χ0v) is 14.1. The van der Waals surface area contributed by atoms with Crippen LogP contribution in [0.3, 0.4) is 0 Å². The standard InChI is InChI=1S/C17H21BrN2O/c1-3-17(20-4-2)14-5-7-16(8-6-14)21-12-13-9-15(18)11-19-10-13/h5-11,17,20H,3-4,12H2,1-2H3. The van der Waals surface area contributed by atoms with E-state index in [2.05, 4.69) is 52.2 Å². The predicted molar refractivity (Wildman–Crippen MR) is 89.4 cm³/mol. The van der Waals surface area contributed by atoms with Crippen molar-refractivity contribution in [3.05, 3.63) is 58.3 Å². The summed E-state index contributed by atoms with van der Waals surface area (Å²) >= 11 is 3.41. The summed E-state index contributed by atoms with van der Waals surface area (Å²) < 4.78 is 6.76. The van der Waals surface area contributed by atoms with Gasteiger partial charge in [0.2, 0.25) is 0 Å². The van der Waals surface area contributed by atoms with Gasteiger partial charge in [-0.25, -0.2) is 0 Å². The van der Waals surface area contributed by atoms with Gasteiger partial charge in [-0.3, -0.25) is 4.98 Å². The summed E-state index contributed by atoms with van der Waals surface area (Å²) in [4.78, 5) is 4.13. The lowest BCUT2D eigenvalue weighted by Gasteiger charge is -2.16. The molecule has 0 aliphatic heterocycles. The van der Waals surface area contributed by atoms with Gasteiger partial charge in [0.15, 0.2) is 0 Å². The number of nitrogens with one attached hydrogen (secondary N) is 1. The molecule has 0 saturated heterocycles. The zero-order chi connectivity index (χ0) is 15.1. The number of benzene rings is 1. The van der Waals surface area contributed by atoms with Crippen LogP contribution in [0.15, 0.2) is 47.2 Å². The number of aromatic nitrogens is 1. The molecule has 0 saturated carbocycles. The lowest BCUT2D eigenvalue weighted by Crippen LogP contribution is -2.19. The van der Waals surface area contributed by atoms with E-state index in [-0.39, 0.29) is 0 Å². The monoisotopic (exact) mass is 348 g/mol. The summed E-state index contributed by atoms with van der Waals surface area (Å²) in [5.41, 5.74) is 2.35. The Hall–Kier alpha value is -1.39. The topological polar surface area (TPSA) is 34.1 Å². The van der Waals surface area contributed by atoms with Gasteiger partial charge in [0, 0.05) is 28.5 Å². The van der Waals surface area contributed by atoms with E-state index < -0.39 is 0 Å². The number of pyridine rings is 1. The van der Waals surface area contributed by atoms with E-state index in [1.54, 1.807) is 6.20 Å². The van der Waals surface area contributed by atoms with E-state index in [1.165, 1.54) is 5.56 Å². The highest BCUT2D eigenvalue weighted by Crippen LogP contribution is 2.21. The molecular formula is C17H21BrN2O. The first kappa shape index (κ1) is 16.0. The van der Waals surface area contributed by atoms with Crippen molar-refractivity contribution in [2.75, 3.05) is 6.54 Å². The maximum absolute atomic E-state index is 5.79. The molecule has 0 bridgehead atoms. The Balaban J connectivity index is 1.96. The molecule has 4 heteroatoms. The normalized spacial score (nSPS) is 12.1. The molecule has 0 radical (unpaired) electrons. The first-order chi connectivity index (χ1) is 10.2. The number of hydrogen-bond acceptors (Lipinski definition) is 3. The molecule has 21 heavy (non-hydrogen) atoms. The van der Waals surface area contributed by atoms with Crippen LogP contribution in [0, 0.1) is 0 Å². The SMILES string of the molecule is CCNC(CC)c1ccc(OCc2cncc(Br)c2)cc1. The van der Waals surface area contributed by atoms with E-state index in [0.29, 0.717) is 12.6 Å². The number of nitrogens with zero attached hydrogens (tertiary/aromatic N) is 1. The van der Waals surface area contributed by atoms with Crippen molar-refractivity contribution in [3.63, 3.8) is 0 Å². The summed E-state index contributed by atoms with van der Waals surface area (Å²) in [5, 5.41) is 3.48. The minimum absolute atomic E-state index is 0.415. The molecule has 0 amide bonds. The fourth-order valence-corrected chi connectivity index (χ4v) is 2.65. The van der Waals surface area contributed by atoms with Crippen molar-refractivity contribution in [2.24, 2.45) is 0 Å². The van der Waals surface area contributed by atoms with Crippen LogP contribution in [-0.2, 0) is 6.61 Å². The Morgan fingerprint density at radius 2 is 1.95 bits per heavy atom. The van der Waals surface area contributed by atoms with Gasteiger partial charge < -0.3 is 10.1 Å². The van der Waals surface area contributed by atoms with E-state index in [0.717, 1.165) is 28.8 Å². The van der Waals surface area contributed by atoms with Crippen LogP contribution in [0.2, 0.25) is 0 Å². The number of hydrogen-bond donors (Lipinski definition) is 1. The van der Waals surface area contributed by atoms with Gasteiger partial charge >= 0.3 is 0 Å². The van der Waals surface area contributed by atoms with E-state index in [4.69, 9.17) is 4.74 Å². The number of rotatable bonds is 7. The molecule has 1 unspecified atom stereocenters. The molecule has 0 aliphatic carbocycles. The van der Waals surface area contributed by atoms with Gasteiger partial charge in [0.25, 0.3) is 0 Å². The Morgan fingerprint density at radius 1 is 1.19 bits per heavy atom. The molecule has 0 spiro atoms. The predicted octanol–water partition coefficient (Wildman–Crippen LogP) is 4.48. The number of halogens is 1. The van der Waals surface area contributed by atoms with Crippen molar-refractivity contribution < 1.29 is 4.74 Å². The van der Waals surface area contributed by atoms with Crippen molar-refractivity contribution in [1.29, 1.82) is 0 Å². The molecule has 112 valence electrons. The maximum Gasteiger partial charge on any atom is 0.119 e. The Kier molecular flexibility index (Phi) is 6.21. The Morgan fingerprint density at radius 3 is 2.57 bits per heavy atom. The Labute approximate surface area is 134 Å².